The Balaban J connectivity index is 2.27. The summed E-state index contributed by atoms with van der Waals surface area (Å²) in [5, 5.41) is 7.09. The zero-order valence-electron chi connectivity index (χ0n) is 14.2. The van der Waals surface area contributed by atoms with Crippen molar-refractivity contribution in [3.05, 3.63) is 11.4 Å². The summed E-state index contributed by atoms with van der Waals surface area (Å²) in [5.74, 6) is 3.59. The quantitative estimate of drug-likeness (QED) is 0.741. The fraction of sp³-hybridized carbons (Fsp3) is 0.765. The topological polar surface area (TPSA) is 49.8 Å². The minimum Gasteiger partial charge on any atom is -0.370 e. The molecule has 0 amide bonds. The summed E-state index contributed by atoms with van der Waals surface area (Å²) in [5.41, 5.74) is 1.20. The molecule has 0 aliphatic heterocycles. The molecule has 0 bridgehead atoms. The Morgan fingerprint density at radius 2 is 1.76 bits per heavy atom. The summed E-state index contributed by atoms with van der Waals surface area (Å²) in [4.78, 5) is 9.55. The van der Waals surface area contributed by atoms with E-state index in [2.05, 4.69) is 45.3 Å². The Morgan fingerprint density at radius 1 is 1.10 bits per heavy atom. The fourth-order valence-electron chi connectivity index (χ4n) is 2.60. The van der Waals surface area contributed by atoms with E-state index in [9.17, 15) is 0 Å². The molecule has 1 aromatic heterocycles. The molecule has 1 aliphatic rings. The summed E-state index contributed by atoms with van der Waals surface area (Å²) in [6.45, 7) is 12.0. The highest BCUT2D eigenvalue weighted by molar-refractivity contribution is 5.58. The van der Waals surface area contributed by atoms with Crippen molar-refractivity contribution >= 4 is 11.6 Å². The van der Waals surface area contributed by atoms with Crippen LogP contribution in [0.5, 0.6) is 0 Å². The van der Waals surface area contributed by atoms with Gasteiger partial charge in [-0.2, -0.15) is 0 Å². The molecule has 0 unspecified atom stereocenters. The SMILES string of the molecule is CCCNc1nc(C2CC2)nc(NC(C)(C)CCC)c1C. The summed E-state index contributed by atoms with van der Waals surface area (Å²) in [7, 11) is 0. The maximum absolute atomic E-state index is 4.81. The molecule has 1 fully saturated rings. The number of rotatable bonds is 8. The second kappa shape index (κ2) is 6.63. The maximum Gasteiger partial charge on any atom is 0.136 e. The van der Waals surface area contributed by atoms with Gasteiger partial charge in [0.05, 0.1) is 0 Å². The molecule has 4 nitrogen and oxygen atoms in total. The number of nitrogens with zero attached hydrogens (tertiary/aromatic N) is 2. The summed E-state index contributed by atoms with van der Waals surface area (Å²) < 4.78 is 0. The lowest BCUT2D eigenvalue weighted by Gasteiger charge is -2.28. The Labute approximate surface area is 129 Å². The Kier molecular flexibility index (Phi) is 5.07. The van der Waals surface area contributed by atoms with Gasteiger partial charge in [-0.15, -0.1) is 0 Å². The van der Waals surface area contributed by atoms with Gasteiger partial charge >= 0.3 is 0 Å². The standard InChI is InChI=1S/C17H30N4/c1-6-10-17(4,5)21-15-12(3)14(18-11-7-2)19-16(20-15)13-8-9-13/h13H,6-11H2,1-5H3,(H2,18,19,20,21). The fourth-order valence-corrected chi connectivity index (χ4v) is 2.60. The van der Waals surface area contributed by atoms with Crippen LogP contribution in [0.25, 0.3) is 0 Å². The number of hydrogen-bond acceptors (Lipinski definition) is 4. The van der Waals surface area contributed by atoms with E-state index in [-0.39, 0.29) is 5.54 Å². The molecular weight excluding hydrogens is 260 g/mol. The highest BCUT2D eigenvalue weighted by Gasteiger charge is 2.29. The van der Waals surface area contributed by atoms with Gasteiger partial charge in [0.1, 0.15) is 17.5 Å². The van der Waals surface area contributed by atoms with Crippen molar-refractivity contribution in [1.82, 2.24) is 9.97 Å². The predicted molar refractivity (Wildman–Crippen MR) is 90.1 cm³/mol. The second-order valence-corrected chi connectivity index (χ2v) is 6.86. The predicted octanol–water partition coefficient (Wildman–Crippen LogP) is 4.47. The van der Waals surface area contributed by atoms with Crippen molar-refractivity contribution in [2.75, 3.05) is 17.2 Å². The van der Waals surface area contributed by atoms with Crippen molar-refractivity contribution < 1.29 is 0 Å². The highest BCUT2D eigenvalue weighted by Crippen LogP contribution is 2.40. The molecule has 0 aromatic carbocycles. The first-order valence-corrected chi connectivity index (χ1v) is 8.37. The first-order valence-electron chi connectivity index (χ1n) is 8.37. The molecular formula is C17H30N4. The molecule has 1 saturated carbocycles. The first kappa shape index (κ1) is 16.1. The van der Waals surface area contributed by atoms with Crippen LogP contribution in [0.2, 0.25) is 0 Å². The third-order valence-corrected chi connectivity index (χ3v) is 3.98. The van der Waals surface area contributed by atoms with Gasteiger partial charge in [0.2, 0.25) is 0 Å². The van der Waals surface area contributed by atoms with Crippen LogP contribution in [0.15, 0.2) is 0 Å². The van der Waals surface area contributed by atoms with Crippen LogP contribution < -0.4 is 10.6 Å². The molecule has 1 heterocycles. The van der Waals surface area contributed by atoms with E-state index >= 15 is 0 Å². The lowest BCUT2D eigenvalue weighted by Crippen LogP contribution is -2.31. The smallest absolute Gasteiger partial charge is 0.136 e. The lowest BCUT2D eigenvalue weighted by atomic mass is 9.99. The van der Waals surface area contributed by atoms with Crippen molar-refractivity contribution in [1.29, 1.82) is 0 Å². The van der Waals surface area contributed by atoms with E-state index in [1.165, 1.54) is 19.3 Å². The van der Waals surface area contributed by atoms with Crippen molar-refractivity contribution in [3.63, 3.8) is 0 Å². The average Bonchev–Trinajstić information content (AvgIpc) is 3.23. The van der Waals surface area contributed by atoms with Crippen molar-refractivity contribution in [2.24, 2.45) is 0 Å². The molecule has 118 valence electrons. The van der Waals surface area contributed by atoms with Gasteiger partial charge in [0.15, 0.2) is 0 Å². The Hall–Kier alpha value is -1.32. The largest absolute Gasteiger partial charge is 0.370 e. The van der Waals surface area contributed by atoms with Crippen LogP contribution in [0, 0.1) is 6.92 Å². The second-order valence-electron chi connectivity index (χ2n) is 6.86. The third-order valence-electron chi connectivity index (χ3n) is 3.98. The summed E-state index contributed by atoms with van der Waals surface area (Å²) >= 11 is 0. The van der Waals surface area contributed by atoms with Crippen molar-refractivity contribution in [2.45, 2.75) is 78.2 Å². The molecule has 21 heavy (non-hydrogen) atoms. The molecule has 0 radical (unpaired) electrons. The molecule has 0 spiro atoms. The minimum absolute atomic E-state index is 0.0662. The maximum atomic E-state index is 4.81. The van der Waals surface area contributed by atoms with E-state index in [0.717, 1.165) is 42.4 Å². The van der Waals surface area contributed by atoms with E-state index in [4.69, 9.17) is 9.97 Å². The molecule has 2 rings (SSSR count). The van der Waals surface area contributed by atoms with Gasteiger partial charge in [0, 0.05) is 23.6 Å². The molecule has 1 aliphatic carbocycles. The van der Waals surface area contributed by atoms with Crippen LogP contribution in [-0.2, 0) is 0 Å². The van der Waals surface area contributed by atoms with E-state index in [1.807, 2.05) is 0 Å². The van der Waals surface area contributed by atoms with Gasteiger partial charge in [-0.25, -0.2) is 9.97 Å². The Morgan fingerprint density at radius 3 is 2.33 bits per heavy atom. The van der Waals surface area contributed by atoms with Gasteiger partial charge in [-0.05, 0) is 46.5 Å². The van der Waals surface area contributed by atoms with Gasteiger partial charge < -0.3 is 10.6 Å². The van der Waals surface area contributed by atoms with Gasteiger partial charge in [0.25, 0.3) is 0 Å². The molecule has 1 aromatic rings. The molecule has 0 atom stereocenters. The van der Waals surface area contributed by atoms with Crippen LogP contribution in [0.3, 0.4) is 0 Å². The zero-order chi connectivity index (χ0) is 15.5. The lowest BCUT2D eigenvalue weighted by molar-refractivity contribution is 0.508. The van der Waals surface area contributed by atoms with Gasteiger partial charge in [-0.3, -0.25) is 0 Å². The molecule has 2 N–H and O–H groups in total. The van der Waals surface area contributed by atoms with E-state index in [0.29, 0.717) is 5.92 Å². The third kappa shape index (κ3) is 4.32. The molecule has 4 heteroatoms. The van der Waals surface area contributed by atoms with Crippen LogP contribution >= 0.6 is 0 Å². The van der Waals surface area contributed by atoms with Crippen LogP contribution in [-0.4, -0.2) is 22.1 Å². The number of anilines is 2. The zero-order valence-corrected chi connectivity index (χ0v) is 14.2. The van der Waals surface area contributed by atoms with Crippen molar-refractivity contribution in [3.8, 4) is 0 Å². The summed E-state index contributed by atoms with van der Waals surface area (Å²) in [6.07, 6.45) is 5.86. The number of nitrogens with one attached hydrogen (secondary N) is 2. The monoisotopic (exact) mass is 290 g/mol. The minimum atomic E-state index is 0.0662. The number of aromatic nitrogens is 2. The Bertz CT molecular complexity index is 478. The highest BCUT2D eigenvalue weighted by atomic mass is 15.1. The molecule has 0 saturated heterocycles. The summed E-state index contributed by atoms with van der Waals surface area (Å²) in [6, 6.07) is 0. The number of hydrogen-bond donors (Lipinski definition) is 2. The van der Waals surface area contributed by atoms with Gasteiger partial charge in [-0.1, -0.05) is 20.3 Å². The van der Waals surface area contributed by atoms with Crippen LogP contribution in [0.1, 0.15) is 77.1 Å². The first-order chi connectivity index (χ1) is 9.96. The van der Waals surface area contributed by atoms with E-state index < -0.39 is 0 Å². The van der Waals surface area contributed by atoms with Crippen LogP contribution in [0.4, 0.5) is 11.6 Å². The normalized spacial score (nSPS) is 15.1. The van der Waals surface area contributed by atoms with E-state index in [1.54, 1.807) is 0 Å². The average molecular weight is 290 g/mol.